The van der Waals surface area contributed by atoms with Crippen LogP contribution in [0.15, 0.2) is 18.2 Å². The molecule has 2 atom stereocenters. The number of esters is 2. The number of aryl methyl sites for hydroxylation is 2. The summed E-state index contributed by atoms with van der Waals surface area (Å²) in [7, 11) is 0. The first-order valence-corrected chi connectivity index (χ1v) is 9.98. The Labute approximate surface area is 157 Å². The van der Waals surface area contributed by atoms with Gasteiger partial charge in [0, 0.05) is 0 Å². The van der Waals surface area contributed by atoms with Gasteiger partial charge in [-0.05, 0) is 56.4 Å². The number of carbonyl (C=O) groups excluding carboxylic acids is 2. The number of carbonyl (C=O) groups is 2. The molecular formula is C22H32O4. The van der Waals surface area contributed by atoms with Gasteiger partial charge in [-0.25, -0.2) is 0 Å². The monoisotopic (exact) mass is 360 g/mol. The van der Waals surface area contributed by atoms with Crippen molar-refractivity contribution in [3.05, 3.63) is 29.3 Å². The smallest absolute Gasteiger partial charge is 0.315 e. The molecule has 26 heavy (non-hydrogen) atoms. The van der Waals surface area contributed by atoms with Crippen molar-refractivity contribution in [3.63, 3.8) is 0 Å². The Morgan fingerprint density at radius 1 is 0.962 bits per heavy atom. The molecule has 4 nitrogen and oxygen atoms in total. The highest BCUT2D eigenvalue weighted by Gasteiger charge is 2.38. The van der Waals surface area contributed by atoms with Gasteiger partial charge in [0.05, 0.1) is 18.4 Å². The fourth-order valence-electron chi connectivity index (χ4n) is 3.47. The lowest BCUT2D eigenvalue weighted by atomic mass is 9.79. The van der Waals surface area contributed by atoms with Gasteiger partial charge < -0.3 is 9.47 Å². The third kappa shape index (κ3) is 5.86. The van der Waals surface area contributed by atoms with E-state index in [1.807, 2.05) is 32.0 Å². The summed E-state index contributed by atoms with van der Waals surface area (Å²) < 4.78 is 11.0. The molecule has 4 heteroatoms. The van der Waals surface area contributed by atoms with Crippen LogP contribution in [-0.4, -0.2) is 18.5 Å². The highest BCUT2D eigenvalue weighted by Crippen LogP contribution is 2.32. The summed E-state index contributed by atoms with van der Waals surface area (Å²) in [5.74, 6) is -0.748. The number of benzene rings is 1. The van der Waals surface area contributed by atoms with E-state index in [1.165, 1.54) is 0 Å². The van der Waals surface area contributed by atoms with E-state index in [2.05, 4.69) is 6.92 Å². The zero-order valence-electron chi connectivity index (χ0n) is 16.4. The summed E-state index contributed by atoms with van der Waals surface area (Å²) in [5, 5.41) is 0. The molecule has 0 spiro atoms. The van der Waals surface area contributed by atoms with Crippen molar-refractivity contribution in [2.45, 2.75) is 72.1 Å². The summed E-state index contributed by atoms with van der Waals surface area (Å²) in [6.07, 6.45) is 7.60. The molecule has 0 saturated heterocycles. The van der Waals surface area contributed by atoms with Crippen LogP contribution in [0.5, 0.6) is 5.75 Å². The van der Waals surface area contributed by atoms with E-state index in [1.54, 1.807) is 0 Å². The summed E-state index contributed by atoms with van der Waals surface area (Å²) in [5.41, 5.74) is 2.24. The van der Waals surface area contributed by atoms with Gasteiger partial charge >= 0.3 is 11.9 Å². The van der Waals surface area contributed by atoms with Crippen molar-refractivity contribution in [1.82, 2.24) is 0 Å². The van der Waals surface area contributed by atoms with Gasteiger partial charge in [0.25, 0.3) is 0 Å². The fraction of sp³-hybridized carbons (Fsp3) is 0.636. The van der Waals surface area contributed by atoms with Gasteiger partial charge in [0.2, 0.25) is 0 Å². The second-order valence-electron chi connectivity index (χ2n) is 7.39. The third-order valence-electron chi connectivity index (χ3n) is 5.31. The van der Waals surface area contributed by atoms with E-state index < -0.39 is 5.92 Å². The lowest BCUT2D eigenvalue weighted by molar-refractivity contribution is -0.158. The van der Waals surface area contributed by atoms with Crippen LogP contribution in [0.4, 0.5) is 0 Å². The summed E-state index contributed by atoms with van der Waals surface area (Å²) in [6.45, 7) is 6.62. The van der Waals surface area contributed by atoms with E-state index in [4.69, 9.17) is 9.47 Å². The first kappa shape index (κ1) is 20.5. The van der Waals surface area contributed by atoms with Gasteiger partial charge in [-0.2, -0.15) is 0 Å². The maximum absolute atomic E-state index is 12.7. The van der Waals surface area contributed by atoms with Crippen molar-refractivity contribution < 1.29 is 19.1 Å². The van der Waals surface area contributed by atoms with Gasteiger partial charge in [0.15, 0.2) is 0 Å². The van der Waals surface area contributed by atoms with Gasteiger partial charge in [-0.3, -0.25) is 9.59 Å². The van der Waals surface area contributed by atoms with Crippen LogP contribution in [-0.2, 0) is 14.3 Å². The molecule has 0 N–H and O–H groups in total. The minimum Gasteiger partial charge on any atom is -0.465 e. The number of unbranched alkanes of at least 4 members (excludes halogenated alkanes) is 3. The average molecular weight is 360 g/mol. The SMILES string of the molecule is CCCCCCOC(=O)C1CCCCC1C(=O)Oc1ccc(C)c(C)c1. The maximum Gasteiger partial charge on any atom is 0.315 e. The van der Waals surface area contributed by atoms with Gasteiger partial charge in [-0.15, -0.1) is 0 Å². The highest BCUT2D eigenvalue weighted by molar-refractivity contribution is 5.83. The summed E-state index contributed by atoms with van der Waals surface area (Å²) >= 11 is 0. The molecule has 1 aromatic rings. The molecule has 2 rings (SSSR count). The lowest BCUT2D eigenvalue weighted by Crippen LogP contribution is -2.36. The molecule has 0 aromatic heterocycles. The van der Waals surface area contributed by atoms with Crippen molar-refractivity contribution in [2.75, 3.05) is 6.61 Å². The van der Waals surface area contributed by atoms with Crippen molar-refractivity contribution >= 4 is 11.9 Å². The first-order chi connectivity index (χ1) is 12.5. The summed E-state index contributed by atoms with van der Waals surface area (Å²) in [6, 6.07) is 5.63. The molecule has 1 aromatic carbocycles. The lowest BCUT2D eigenvalue weighted by Gasteiger charge is -2.28. The first-order valence-electron chi connectivity index (χ1n) is 9.98. The Morgan fingerprint density at radius 3 is 2.31 bits per heavy atom. The van der Waals surface area contributed by atoms with Gasteiger partial charge in [-0.1, -0.05) is 45.1 Å². The number of rotatable bonds is 8. The molecule has 1 fully saturated rings. The molecule has 0 bridgehead atoms. The second kappa shape index (κ2) is 10.3. The zero-order valence-corrected chi connectivity index (χ0v) is 16.4. The van der Waals surface area contributed by atoms with Crippen LogP contribution in [0.2, 0.25) is 0 Å². The Balaban J connectivity index is 1.92. The minimum atomic E-state index is -0.395. The highest BCUT2D eigenvalue weighted by atomic mass is 16.5. The molecule has 1 aliphatic rings. The maximum atomic E-state index is 12.7. The topological polar surface area (TPSA) is 52.6 Å². The quantitative estimate of drug-likeness (QED) is 0.366. The molecule has 0 aliphatic heterocycles. The molecule has 0 heterocycles. The largest absolute Gasteiger partial charge is 0.465 e. The van der Waals surface area contributed by atoms with Crippen LogP contribution >= 0.6 is 0 Å². The predicted octanol–water partition coefficient (Wildman–Crippen LogP) is 5.14. The molecule has 2 unspecified atom stereocenters. The zero-order chi connectivity index (χ0) is 18.9. The molecular weight excluding hydrogens is 328 g/mol. The molecule has 1 saturated carbocycles. The Hall–Kier alpha value is -1.84. The number of hydrogen-bond donors (Lipinski definition) is 0. The van der Waals surface area contributed by atoms with Crippen LogP contribution in [0.25, 0.3) is 0 Å². The van der Waals surface area contributed by atoms with Crippen molar-refractivity contribution in [1.29, 1.82) is 0 Å². The Bertz CT molecular complexity index is 608. The molecule has 144 valence electrons. The van der Waals surface area contributed by atoms with E-state index in [-0.39, 0.29) is 17.9 Å². The van der Waals surface area contributed by atoms with Crippen LogP contribution in [0, 0.1) is 25.7 Å². The Kier molecular flexibility index (Phi) is 8.14. The van der Waals surface area contributed by atoms with Crippen molar-refractivity contribution in [2.24, 2.45) is 11.8 Å². The normalized spacial score (nSPS) is 19.8. The second-order valence-corrected chi connectivity index (χ2v) is 7.39. The van der Waals surface area contributed by atoms with Crippen LogP contribution in [0.1, 0.15) is 69.4 Å². The minimum absolute atomic E-state index is 0.233. The molecule has 0 amide bonds. The van der Waals surface area contributed by atoms with E-state index in [0.717, 1.165) is 49.7 Å². The predicted molar refractivity (Wildman–Crippen MR) is 102 cm³/mol. The summed E-state index contributed by atoms with van der Waals surface area (Å²) in [4.78, 5) is 25.1. The third-order valence-corrected chi connectivity index (χ3v) is 5.31. The van der Waals surface area contributed by atoms with Gasteiger partial charge in [0.1, 0.15) is 5.75 Å². The fourth-order valence-corrected chi connectivity index (χ4v) is 3.47. The Morgan fingerprint density at radius 2 is 1.65 bits per heavy atom. The average Bonchev–Trinajstić information content (AvgIpc) is 2.64. The van der Waals surface area contributed by atoms with Crippen LogP contribution in [0.3, 0.4) is 0 Å². The van der Waals surface area contributed by atoms with Crippen molar-refractivity contribution in [3.8, 4) is 5.75 Å². The number of hydrogen-bond acceptors (Lipinski definition) is 4. The standard InChI is InChI=1S/C22H32O4/c1-4-5-6-9-14-25-21(23)19-10-7-8-11-20(19)22(24)26-18-13-12-16(2)17(3)15-18/h12-13,15,19-20H,4-11,14H2,1-3H3. The van der Waals surface area contributed by atoms with E-state index in [0.29, 0.717) is 25.2 Å². The van der Waals surface area contributed by atoms with Crippen LogP contribution < -0.4 is 4.74 Å². The molecule has 1 aliphatic carbocycles. The van der Waals surface area contributed by atoms with E-state index in [9.17, 15) is 9.59 Å². The van der Waals surface area contributed by atoms with E-state index >= 15 is 0 Å². The number of ether oxygens (including phenoxy) is 2. The molecule has 0 radical (unpaired) electrons.